The second-order valence-corrected chi connectivity index (χ2v) is 4.92. The lowest BCUT2D eigenvalue weighted by atomic mass is 10.1. The van der Waals surface area contributed by atoms with Crippen molar-refractivity contribution in [1.82, 2.24) is 0 Å². The fourth-order valence-corrected chi connectivity index (χ4v) is 2.08. The van der Waals surface area contributed by atoms with Crippen molar-refractivity contribution in [1.29, 1.82) is 0 Å². The third kappa shape index (κ3) is 3.83. The molecule has 0 aliphatic rings. The quantitative estimate of drug-likeness (QED) is 0.817. The van der Waals surface area contributed by atoms with Gasteiger partial charge >= 0.3 is 12.2 Å². The van der Waals surface area contributed by atoms with Crippen LogP contribution in [0.2, 0.25) is 0 Å². The van der Waals surface area contributed by atoms with Crippen molar-refractivity contribution < 1.29 is 22.8 Å². The number of hydrogen-bond donors (Lipinski definition) is 2. The standard InChI is InChI=1S/C16H14F3N3O2/c1-10(23)22(12-8-6-11(20)7-9-12)15(24)21-14-5-3-2-4-13(14)16(17,18)19/h2-9H,20H2,1H3,(H,21,24). The van der Waals surface area contributed by atoms with Crippen LogP contribution < -0.4 is 16.0 Å². The fraction of sp³-hybridized carbons (Fsp3) is 0.125. The van der Waals surface area contributed by atoms with Gasteiger partial charge in [0.2, 0.25) is 5.91 Å². The van der Waals surface area contributed by atoms with E-state index < -0.39 is 29.4 Å². The number of halogens is 3. The summed E-state index contributed by atoms with van der Waals surface area (Å²) in [4.78, 5) is 24.8. The van der Waals surface area contributed by atoms with Gasteiger partial charge in [0.05, 0.1) is 16.9 Å². The largest absolute Gasteiger partial charge is 0.418 e. The molecule has 0 unspecified atom stereocenters. The first-order valence-electron chi connectivity index (χ1n) is 6.83. The van der Waals surface area contributed by atoms with Gasteiger partial charge in [0.15, 0.2) is 0 Å². The molecule has 0 saturated carbocycles. The van der Waals surface area contributed by atoms with Gasteiger partial charge in [0, 0.05) is 12.6 Å². The predicted octanol–water partition coefficient (Wildman–Crippen LogP) is 3.87. The van der Waals surface area contributed by atoms with Crippen molar-refractivity contribution >= 4 is 29.0 Å². The first-order valence-corrected chi connectivity index (χ1v) is 6.83. The summed E-state index contributed by atoms with van der Waals surface area (Å²) in [6.45, 7) is 1.13. The van der Waals surface area contributed by atoms with Crippen molar-refractivity contribution in [2.75, 3.05) is 16.0 Å². The van der Waals surface area contributed by atoms with Crippen LogP contribution in [0.1, 0.15) is 12.5 Å². The number of imide groups is 1. The van der Waals surface area contributed by atoms with E-state index >= 15 is 0 Å². The first kappa shape index (κ1) is 17.3. The summed E-state index contributed by atoms with van der Waals surface area (Å²) in [6, 6.07) is 9.32. The van der Waals surface area contributed by atoms with Gasteiger partial charge in [-0.2, -0.15) is 13.2 Å². The highest BCUT2D eigenvalue weighted by Gasteiger charge is 2.34. The van der Waals surface area contributed by atoms with E-state index in [4.69, 9.17) is 5.73 Å². The van der Waals surface area contributed by atoms with Crippen LogP contribution in [0.25, 0.3) is 0 Å². The molecule has 0 aromatic heterocycles. The number of urea groups is 1. The number of carbonyl (C=O) groups is 2. The van der Waals surface area contributed by atoms with Crippen LogP contribution in [0.3, 0.4) is 0 Å². The number of nitrogens with one attached hydrogen (secondary N) is 1. The summed E-state index contributed by atoms with van der Waals surface area (Å²) in [5, 5.41) is 2.13. The van der Waals surface area contributed by atoms with Crippen molar-refractivity contribution in [3.63, 3.8) is 0 Å². The molecule has 2 rings (SSSR count). The predicted molar refractivity (Wildman–Crippen MR) is 84.5 cm³/mol. The minimum Gasteiger partial charge on any atom is -0.399 e. The number of amides is 3. The smallest absolute Gasteiger partial charge is 0.399 e. The lowest BCUT2D eigenvalue weighted by Gasteiger charge is -2.21. The normalized spacial score (nSPS) is 11.0. The molecule has 0 spiro atoms. The van der Waals surface area contributed by atoms with Crippen LogP contribution >= 0.6 is 0 Å². The summed E-state index contributed by atoms with van der Waals surface area (Å²) < 4.78 is 38.9. The highest BCUT2D eigenvalue weighted by molar-refractivity contribution is 6.18. The fourth-order valence-electron chi connectivity index (χ4n) is 2.08. The maximum absolute atomic E-state index is 13.0. The Bertz CT molecular complexity index is 758. The Morgan fingerprint density at radius 2 is 1.62 bits per heavy atom. The van der Waals surface area contributed by atoms with Crippen molar-refractivity contribution in [2.45, 2.75) is 13.1 Å². The maximum Gasteiger partial charge on any atom is 0.418 e. The number of nitrogens with two attached hydrogens (primary N) is 1. The summed E-state index contributed by atoms with van der Waals surface area (Å²) in [5.41, 5.74) is 4.72. The molecular weight excluding hydrogens is 323 g/mol. The lowest BCUT2D eigenvalue weighted by molar-refractivity contribution is -0.136. The molecule has 0 radical (unpaired) electrons. The van der Waals surface area contributed by atoms with Crippen LogP contribution in [0.4, 0.5) is 35.0 Å². The zero-order valence-corrected chi connectivity index (χ0v) is 12.6. The summed E-state index contributed by atoms with van der Waals surface area (Å²) in [7, 11) is 0. The molecule has 2 aromatic rings. The average molecular weight is 337 g/mol. The van der Waals surface area contributed by atoms with Gasteiger partial charge < -0.3 is 11.1 Å². The van der Waals surface area contributed by atoms with E-state index in [1.165, 1.54) is 36.4 Å². The van der Waals surface area contributed by atoms with Gasteiger partial charge in [-0.05, 0) is 36.4 Å². The van der Waals surface area contributed by atoms with E-state index in [9.17, 15) is 22.8 Å². The van der Waals surface area contributed by atoms with E-state index in [2.05, 4.69) is 5.32 Å². The topological polar surface area (TPSA) is 75.4 Å². The molecule has 2 aromatic carbocycles. The second kappa shape index (κ2) is 6.61. The van der Waals surface area contributed by atoms with E-state index in [0.29, 0.717) is 5.69 Å². The number of carbonyl (C=O) groups excluding carboxylic acids is 2. The highest BCUT2D eigenvalue weighted by Crippen LogP contribution is 2.34. The Balaban J connectivity index is 2.33. The molecule has 126 valence electrons. The van der Waals surface area contributed by atoms with Gasteiger partial charge in [-0.15, -0.1) is 0 Å². The summed E-state index contributed by atoms with van der Waals surface area (Å²) in [6.07, 6.45) is -4.63. The number of anilines is 3. The molecule has 0 aliphatic carbocycles. The molecule has 0 saturated heterocycles. The van der Waals surface area contributed by atoms with Crippen LogP contribution in [0.5, 0.6) is 0 Å². The molecule has 0 fully saturated rings. The van der Waals surface area contributed by atoms with Crippen molar-refractivity contribution in [3.05, 3.63) is 54.1 Å². The first-order chi connectivity index (χ1) is 11.2. The Hall–Kier alpha value is -3.03. The molecule has 3 amide bonds. The van der Waals surface area contributed by atoms with E-state index in [-0.39, 0.29) is 5.69 Å². The zero-order chi connectivity index (χ0) is 17.9. The number of hydrogen-bond acceptors (Lipinski definition) is 3. The average Bonchev–Trinajstić information content (AvgIpc) is 2.48. The third-order valence-electron chi connectivity index (χ3n) is 3.14. The number of alkyl halides is 3. The monoisotopic (exact) mass is 337 g/mol. The molecule has 24 heavy (non-hydrogen) atoms. The Morgan fingerprint density at radius 1 is 1.04 bits per heavy atom. The number of para-hydroxylation sites is 1. The molecule has 8 heteroatoms. The van der Waals surface area contributed by atoms with Crippen molar-refractivity contribution in [3.8, 4) is 0 Å². The lowest BCUT2D eigenvalue weighted by Crippen LogP contribution is -2.39. The molecule has 0 bridgehead atoms. The molecule has 0 aliphatic heterocycles. The van der Waals surface area contributed by atoms with E-state index in [1.54, 1.807) is 0 Å². The van der Waals surface area contributed by atoms with E-state index in [0.717, 1.165) is 24.0 Å². The van der Waals surface area contributed by atoms with Gasteiger partial charge in [-0.1, -0.05) is 12.1 Å². The molecular formula is C16H14F3N3O2. The Labute approximate surface area is 135 Å². The minimum atomic E-state index is -4.63. The number of rotatable bonds is 2. The Kier molecular flexibility index (Phi) is 4.77. The zero-order valence-electron chi connectivity index (χ0n) is 12.6. The van der Waals surface area contributed by atoms with Crippen LogP contribution in [0, 0.1) is 0 Å². The molecule has 0 atom stereocenters. The SMILES string of the molecule is CC(=O)N(C(=O)Nc1ccccc1C(F)(F)F)c1ccc(N)cc1. The van der Waals surface area contributed by atoms with Crippen LogP contribution in [-0.4, -0.2) is 11.9 Å². The van der Waals surface area contributed by atoms with Crippen LogP contribution in [-0.2, 0) is 11.0 Å². The third-order valence-corrected chi connectivity index (χ3v) is 3.14. The van der Waals surface area contributed by atoms with Gasteiger partial charge in [-0.3, -0.25) is 4.79 Å². The molecule has 3 N–H and O–H groups in total. The number of nitrogens with zero attached hydrogens (tertiary/aromatic N) is 1. The van der Waals surface area contributed by atoms with Gasteiger partial charge in [0.25, 0.3) is 0 Å². The molecule has 5 nitrogen and oxygen atoms in total. The summed E-state index contributed by atoms with van der Waals surface area (Å²) in [5.74, 6) is -0.651. The number of nitrogen functional groups attached to an aromatic ring is 1. The van der Waals surface area contributed by atoms with Gasteiger partial charge in [-0.25, -0.2) is 9.69 Å². The van der Waals surface area contributed by atoms with Gasteiger partial charge in [0.1, 0.15) is 0 Å². The second-order valence-electron chi connectivity index (χ2n) is 4.92. The maximum atomic E-state index is 13.0. The van der Waals surface area contributed by atoms with Crippen molar-refractivity contribution in [2.24, 2.45) is 0 Å². The Morgan fingerprint density at radius 3 is 2.17 bits per heavy atom. The summed E-state index contributed by atoms with van der Waals surface area (Å²) >= 11 is 0. The molecule has 0 heterocycles. The number of benzene rings is 2. The highest BCUT2D eigenvalue weighted by atomic mass is 19.4. The van der Waals surface area contributed by atoms with Crippen LogP contribution in [0.15, 0.2) is 48.5 Å². The van der Waals surface area contributed by atoms with E-state index in [1.807, 2.05) is 0 Å². The minimum absolute atomic E-state index is 0.193.